The number of carbonyl (C=O) groups excluding carboxylic acids is 2. The van der Waals surface area contributed by atoms with Crippen molar-refractivity contribution in [2.24, 2.45) is 11.8 Å². The maximum atomic E-state index is 13.0. The first-order valence-electron chi connectivity index (χ1n) is 7.86. The van der Waals surface area contributed by atoms with Gasteiger partial charge < -0.3 is 10.1 Å². The molecular weight excluding hydrogens is 309 g/mol. The molecule has 4 nitrogen and oxygen atoms in total. The van der Waals surface area contributed by atoms with Crippen molar-refractivity contribution in [3.63, 3.8) is 0 Å². The molecule has 2 aromatic rings. The molecule has 1 aliphatic carbocycles. The van der Waals surface area contributed by atoms with Crippen LogP contribution in [0.5, 0.6) is 0 Å². The van der Waals surface area contributed by atoms with Crippen LogP contribution < -0.4 is 5.32 Å². The molecule has 2 aromatic carbocycles. The normalized spacial score (nSPS) is 20.1. The summed E-state index contributed by atoms with van der Waals surface area (Å²) in [5.41, 5.74) is 1.04. The van der Waals surface area contributed by atoms with Crippen molar-refractivity contribution in [1.82, 2.24) is 0 Å². The highest BCUT2D eigenvalue weighted by atomic mass is 19.1. The van der Waals surface area contributed by atoms with Crippen LogP contribution in [0.25, 0.3) is 0 Å². The van der Waals surface area contributed by atoms with E-state index in [0.717, 1.165) is 6.42 Å². The monoisotopic (exact) mass is 327 g/mol. The standard InChI is InChI=1S/C19H18FNO3/c1-12-11-16(12)19(23)24-17(13-5-3-2-4-6-13)18(22)21-15-9-7-14(20)8-10-15/h2-10,12,16-17H,11H2,1H3,(H,21,22)/t12-,16-,17-/m0/s1. The van der Waals surface area contributed by atoms with Crippen LogP contribution in [0.1, 0.15) is 25.0 Å². The van der Waals surface area contributed by atoms with E-state index >= 15 is 0 Å². The summed E-state index contributed by atoms with van der Waals surface area (Å²) in [7, 11) is 0. The van der Waals surface area contributed by atoms with E-state index in [2.05, 4.69) is 5.32 Å². The summed E-state index contributed by atoms with van der Waals surface area (Å²) in [5.74, 6) is -1.04. The lowest BCUT2D eigenvalue weighted by Crippen LogP contribution is -2.26. The Balaban J connectivity index is 1.76. The number of benzene rings is 2. The van der Waals surface area contributed by atoms with Crippen molar-refractivity contribution in [3.8, 4) is 0 Å². The fourth-order valence-electron chi connectivity index (χ4n) is 2.50. The predicted molar refractivity (Wildman–Crippen MR) is 87.6 cm³/mol. The van der Waals surface area contributed by atoms with Gasteiger partial charge in [-0.25, -0.2) is 4.39 Å². The topological polar surface area (TPSA) is 55.4 Å². The highest BCUT2D eigenvalue weighted by Gasteiger charge is 2.42. The first-order valence-corrected chi connectivity index (χ1v) is 7.86. The van der Waals surface area contributed by atoms with Crippen molar-refractivity contribution in [3.05, 3.63) is 66.0 Å². The average molecular weight is 327 g/mol. The second-order valence-electron chi connectivity index (χ2n) is 6.04. The van der Waals surface area contributed by atoms with Gasteiger partial charge in [-0.1, -0.05) is 37.3 Å². The second kappa shape index (κ2) is 6.83. The lowest BCUT2D eigenvalue weighted by molar-refractivity contribution is -0.156. The van der Waals surface area contributed by atoms with E-state index in [9.17, 15) is 14.0 Å². The van der Waals surface area contributed by atoms with Gasteiger partial charge in [0.1, 0.15) is 5.82 Å². The Morgan fingerprint density at radius 1 is 1.12 bits per heavy atom. The number of carbonyl (C=O) groups is 2. The minimum atomic E-state index is -1.03. The number of ether oxygens (including phenoxy) is 1. The van der Waals surface area contributed by atoms with Gasteiger partial charge in [-0.05, 0) is 36.6 Å². The van der Waals surface area contributed by atoms with Crippen molar-refractivity contribution in [2.45, 2.75) is 19.4 Å². The number of nitrogens with one attached hydrogen (secondary N) is 1. The Labute approximate surface area is 139 Å². The van der Waals surface area contributed by atoms with Gasteiger partial charge in [-0.2, -0.15) is 0 Å². The zero-order valence-corrected chi connectivity index (χ0v) is 13.2. The van der Waals surface area contributed by atoms with Crippen molar-refractivity contribution < 1.29 is 18.7 Å². The predicted octanol–water partition coefficient (Wildman–Crippen LogP) is 3.70. The van der Waals surface area contributed by atoms with Crippen LogP contribution in [-0.2, 0) is 14.3 Å². The third kappa shape index (κ3) is 3.79. The van der Waals surface area contributed by atoms with E-state index in [-0.39, 0.29) is 17.7 Å². The van der Waals surface area contributed by atoms with Gasteiger partial charge in [0.2, 0.25) is 6.10 Å². The first kappa shape index (κ1) is 16.2. The molecule has 0 aromatic heterocycles. The molecule has 1 amide bonds. The largest absolute Gasteiger partial charge is 0.447 e. The quantitative estimate of drug-likeness (QED) is 0.852. The van der Waals surface area contributed by atoms with Crippen LogP contribution in [0.3, 0.4) is 0 Å². The van der Waals surface area contributed by atoms with Gasteiger partial charge >= 0.3 is 5.97 Å². The first-order chi connectivity index (χ1) is 11.5. The minimum absolute atomic E-state index is 0.130. The molecule has 24 heavy (non-hydrogen) atoms. The van der Waals surface area contributed by atoms with Gasteiger partial charge in [0.15, 0.2) is 0 Å². The fraction of sp³-hybridized carbons (Fsp3) is 0.263. The van der Waals surface area contributed by atoms with Crippen LogP contribution in [0.4, 0.5) is 10.1 Å². The third-order valence-corrected chi connectivity index (χ3v) is 4.10. The number of halogens is 1. The highest BCUT2D eigenvalue weighted by molar-refractivity contribution is 5.96. The van der Waals surface area contributed by atoms with Crippen molar-refractivity contribution in [2.75, 3.05) is 5.32 Å². The molecule has 0 saturated heterocycles. The van der Waals surface area contributed by atoms with Gasteiger partial charge in [-0.15, -0.1) is 0 Å². The molecule has 5 heteroatoms. The molecule has 0 radical (unpaired) electrons. The SMILES string of the molecule is C[C@H]1C[C@@H]1C(=O)O[C@H](C(=O)Nc1ccc(F)cc1)c1ccccc1. The van der Waals surface area contributed by atoms with Crippen LogP contribution in [0.15, 0.2) is 54.6 Å². The molecular formula is C19H18FNO3. The summed E-state index contributed by atoms with van der Waals surface area (Å²) in [6.07, 6.45) is -0.239. The number of esters is 1. The van der Waals surface area contributed by atoms with E-state index in [1.165, 1.54) is 24.3 Å². The van der Waals surface area contributed by atoms with E-state index in [0.29, 0.717) is 17.2 Å². The van der Waals surface area contributed by atoms with Crippen LogP contribution in [-0.4, -0.2) is 11.9 Å². The summed E-state index contributed by atoms with van der Waals surface area (Å²) in [6, 6.07) is 14.3. The van der Waals surface area contributed by atoms with Gasteiger partial charge in [-0.3, -0.25) is 9.59 Å². The van der Waals surface area contributed by atoms with Crippen LogP contribution >= 0.6 is 0 Å². The third-order valence-electron chi connectivity index (χ3n) is 4.10. The molecule has 0 unspecified atom stereocenters. The zero-order chi connectivity index (χ0) is 17.1. The number of amides is 1. The zero-order valence-electron chi connectivity index (χ0n) is 13.2. The maximum absolute atomic E-state index is 13.0. The Morgan fingerprint density at radius 3 is 2.33 bits per heavy atom. The molecule has 0 aliphatic heterocycles. The van der Waals surface area contributed by atoms with Crippen molar-refractivity contribution >= 4 is 17.6 Å². The molecule has 1 saturated carbocycles. The lowest BCUT2D eigenvalue weighted by Gasteiger charge is -2.18. The molecule has 1 N–H and O–H groups in total. The summed E-state index contributed by atoms with van der Waals surface area (Å²) in [5, 5.41) is 2.66. The number of anilines is 1. The molecule has 0 bridgehead atoms. The van der Waals surface area contributed by atoms with Gasteiger partial charge in [0.25, 0.3) is 5.91 Å². The molecule has 0 spiro atoms. The van der Waals surface area contributed by atoms with Crippen molar-refractivity contribution in [1.29, 1.82) is 0 Å². The smallest absolute Gasteiger partial charge is 0.310 e. The molecule has 0 heterocycles. The molecule has 124 valence electrons. The molecule has 3 atom stereocenters. The van der Waals surface area contributed by atoms with E-state index in [1.54, 1.807) is 24.3 Å². The number of hydrogen-bond donors (Lipinski definition) is 1. The van der Waals surface area contributed by atoms with Gasteiger partial charge in [0, 0.05) is 11.3 Å². The Bertz CT molecular complexity index is 730. The van der Waals surface area contributed by atoms with Gasteiger partial charge in [0.05, 0.1) is 5.92 Å². The summed E-state index contributed by atoms with van der Waals surface area (Å²) < 4.78 is 18.4. The Kier molecular flexibility index (Phi) is 4.60. The number of hydrogen-bond acceptors (Lipinski definition) is 3. The highest BCUT2D eigenvalue weighted by Crippen LogP contribution is 2.39. The van der Waals surface area contributed by atoms with Crippen LogP contribution in [0, 0.1) is 17.7 Å². The number of rotatable bonds is 5. The van der Waals surface area contributed by atoms with E-state index in [1.807, 2.05) is 13.0 Å². The molecule has 3 rings (SSSR count). The fourth-order valence-corrected chi connectivity index (χ4v) is 2.50. The van der Waals surface area contributed by atoms with Crippen LogP contribution in [0.2, 0.25) is 0 Å². The lowest BCUT2D eigenvalue weighted by atomic mass is 10.1. The van der Waals surface area contributed by atoms with E-state index in [4.69, 9.17) is 4.74 Å². The second-order valence-corrected chi connectivity index (χ2v) is 6.04. The molecule has 1 fully saturated rings. The molecule has 1 aliphatic rings. The summed E-state index contributed by atoms with van der Waals surface area (Å²) >= 11 is 0. The summed E-state index contributed by atoms with van der Waals surface area (Å²) in [6.45, 7) is 1.97. The summed E-state index contributed by atoms with van der Waals surface area (Å²) in [4.78, 5) is 24.7. The Morgan fingerprint density at radius 2 is 1.75 bits per heavy atom. The minimum Gasteiger partial charge on any atom is -0.447 e. The maximum Gasteiger partial charge on any atom is 0.310 e. The average Bonchev–Trinajstić information content (AvgIpc) is 3.32. The Hall–Kier alpha value is -2.69. The van der Waals surface area contributed by atoms with E-state index < -0.39 is 12.0 Å².